The first-order valence-corrected chi connectivity index (χ1v) is 7.39. The lowest BCUT2D eigenvalue weighted by molar-refractivity contribution is -0.0272. The van der Waals surface area contributed by atoms with Gasteiger partial charge in [0.1, 0.15) is 5.82 Å². The molecule has 1 aliphatic heterocycles. The second kappa shape index (κ2) is 6.66. The van der Waals surface area contributed by atoms with E-state index in [-0.39, 0.29) is 17.4 Å². The van der Waals surface area contributed by atoms with Gasteiger partial charge in [-0.15, -0.1) is 0 Å². The molecule has 112 valence electrons. The van der Waals surface area contributed by atoms with Gasteiger partial charge >= 0.3 is 0 Å². The predicted molar refractivity (Wildman–Crippen MR) is 79.2 cm³/mol. The lowest BCUT2D eigenvalue weighted by Crippen LogP contribution is -2.61. The zero-order chi connectivity index (χ0) is 14.6. The Kier molecular flexibility index (Phi) is 5.13. The van der Waals surface area contributed by atoms with Gasteiger partial charge in [-0.3, -0.25) is 4.90 Å². The summed E-state index contributed by atoms with van der Waals surface area (Å²) in [5.74, 6) is -0.195. The van der Waals surface area contributed by atoms with Crippen LogP contribution in [0.4, 0.5) is 4.39 Å². The molecule has 1 heterocycles. The van der Waals surface area contributed by atoms with Crippen molar-refractivity contribution in [2.24, 2.45) is 5.73 Å². The second-order valence-corrected chi connectivity index (χ2v) is 5.75. The number of nitrogens with zero attached hydrogens (tertiary/aromatic N) is 1. The molecule has 0 aliphatic carbocycles. The maximum absolute atomic E-state index is 13.3. The summed E-state index contributed by atoms with van der Waals surface area (Å²) in [5.41, 5.74) is 7.36. The monoisotopic (exact) mass is 280 g/mol. The highest BCUT2D eigenvalue weighted by Gasteiger charge is 2.36. The fraction of sp³-hybridized carbons (Fsp3) is 0.625. The van der Waals surface area contributed by atoms with Crippen LogP contribution in [-0.4, -0.2) is 42.8 Å². The molecule has 0 radical (unpaired) electrons. The molecule has 1 aromatic rings. The van der Waals surface area contributed by atoms with E-state index in [9.17, 15) is 4.39 Å². The Morgan fingerprint density at radius 3 is 2.70 bits per heavy atom. The first-order chi connectivity index (χ1) is 9.56. The number of morpholine rings is 1. The first-order valence-electron chi connectivity index (χ1n) is 7.39. The van der Waals surface area contributed by atoms with Crippen LogP contribution in [0.25, 0.3) is 0 Å². The van der Waals surface area contributed by atoms with E-state index in [1.165, 1.54) is 6.07 Å². The average molecular weight is 280 g/mol. The predicted octanol–water partition coefficient (Wildman–Crippen LogP) is 2.20. The highest BCUT2D eigenvalue weighted by Crippen LogP contribution is 2.26. The number of halogens is 1. The minimum Gasteiger partial charge on any atom is -0.379 e. The van der Waals surface area contributed by atoms with Gasteiger partial charge in [0.05, 0.1) is 13.2 Å². The molecular weight excluding hydrogens is 255 g/mol. The molecule has 0 aromatic heterocycles. The van der Waals surface area contributed by atoms with Gasteiger partial charge in [0.15, 0.2) is 0 Å². The zero-order valence-electron chi connectivity index (χ0n) is 12.4. The summed E-state index contributed by atoms with van der Waals surface area (Å²) in [7, 11) is 0. The molecule has 0 saturated carbocycles. The van der Waals surface area contributed by atoms with E-state index in [0.717, 1.165) is 38.3 Å². The third-order valence-electron chi connectivity index (χ3n) is 4.59. The quantitative estimate of drug-likeness (QED) is 0.898. The van der Waals surface area contributed by atoms with Gasteiger partial charge in [0.25, 0.3) is 0 Å². The van der Waals surface area contributed by atoms with E-state index in [1.54, 1.807) is 12.1 Å². The van der Waals surface area contributed by atoms with Crippen molar-refractivity contribution in [3.05, 3.63) is 35.6 Å². The Labute approximate surface area is 120 Å². The van der Waals surface area contributed by atoms with Crippen LogP contribution in [0.2, 0.25) is 0 Å². The van der Waals surface area contributed by atoms with E-state index < -0.39 is 0 Å². The van der Waals surface area contributed by atoms with Crippen molar-refractivity contribution in [3.8, 4) is 0 Å². The van der Waals surface area contributed by atoms with Gasteiger partial charge in [-0.2, -0.15) is 0 Å². The van der Waals surface area contributed by atoms with Gasteiger partial charge < -0.3 is 10.5 Å². The SMILES string of the molecule is CCC(C)(C(N)Cc1cccc(F)c1)N1CCOCC1. The maximum Gasteiger partial charge on any atom is 0.123 e. The summed E-state index contributed by atoms with van der Waals surface area (Å²) >= 11 is 0. The zero-order valence-corrected chi connectivity index (χ0v) is 12.4. The highest BCUT2D eigenvalue weighted by atomic mass is 19.1. The Morgan fingerprint density at radius 2 is 2.10 bits per heavy atom. The van der Waals surface area contributed by atoms with Crippen LogP contribution in [0.3, 0.4) is 0 Å². The van der Waals surface area contributed by atoms with Gasteiger partial charge in [0.2, 0.25) is 0 Å². The summed E-state index contributed by atoms with van der Waals surface area (Å²) in [5, 5.41) is 0. The highest BCUT2D eigenvalue weighted by molar-refractivity contribution is 5.18. The molecule has 3 nitrogen and oxygen atoms in total. The third kappa shape index (κ3) is 3.37. The summed E-state index contributed by atoms with van der Waals surface area (Å²) in [4.78, 5) is 2.42. The maximum atomic E-state index is 13.3. The molecule has 1 aliphatic rings. The van der Waals surface area contributed by atoms with Crippen molar-refractivity contribution in [1.29, 1.82) is 0 Å². The summed E-state index contributed by atoms with van der Waals surface area (Å²) in [6.45, 7) is 7.75. The fourth-order valence-electron chi connectivity index (χ4n) is 2.93. The van der Waals surface area contributed by atoms with Gasteiger partial charge in [-0.25, -0.2) is 4.39 Å². The van der Waals surface area contributed by atoms with E-state index in [1.807, 2.05) is 6.07 Å². The molecule has 0 spiro atoms. The number of benzene rings is 1. The average Bonchev–Trinajstić information content (AvgIpc) is 2.47. The van der Waals surface area contributed by atoms with Crippen molar-refractivity contribution < 1.29 is 9.13 Å². The van der Waals surface area contributed by atoms with Gasteiger partial charge in [-0.05, 0) is 37.5 Å². The summed E-state index contributed by atoms with van der Waals surface area (Å²) in [6.07, 6.45) is 1.67. The number of hydrogen-bond donors (Lipinski definition) is 1. The van der Waals surface area contributed by atoms with Crippen LogP contribution >= 0.6 is 0 Å². The molecule has 1 aromatic carbocycles. The first kappa shape index (κ1) is 15.4. The normalized spacial score (nSPS) is 21.4. The Bertz CT molecular complexity index is 434. The Balaban J connectivity index is 2.09. The lowest BCUT2D eigenvalue weighted by atomic mass is 9.84. The minimum atomic E-state index is -0.195. The molecule has 2 atom stereocenters. The molecule has 2 rings (SSSR count). The standard InChI is InChI=1S/C16H25FN2O/c1-3-16(2,19-7-9-20-10-8-19)15(18)12-13-5-4-6-14(17)11-13/h4-6,11,15H,3,7-10,12,18H2,1-2H3. The smallest absolute Gasteiger partial charge is 0.123 e. The van der Waals surface area contributed by atoms with Crippen LogP contribution in [0, 0.1) is 5.82 Å². The molecular formula is C16H25FN2O. The molecule has 0 amide bonds. The van der Waals surface area contributed by atoms with Crippen molar-refractivity contribution >= 4 is 0 Å². The molecule has 1 saturated heterocycles. The number of rotatable bonds is 5. The van der Waals surface area contributed by atoms with E-state index >= 15 is 0 Å². The van der Waals surface area contributed by atoms with Crippen molar-refractivity contribution in [1.82, 2.24) is 4.90 Å². The molecule has 0 bridgehead atoms. The van der Waals surface area contributed by atoms with Crippen molar-refractivity contribution in [2.75, 3.05) is 26.3 Å². The van der Waals surface area contributed by atoms with Crippen LogP contribution in [0.15, 0.2) is 24.3 Å². The third-order valence-corrected chi connectivity index (χ3v) is 4.59. The van der Waals surface area contributed by atoms with Crippen LogP contribution in [-0.2, 0) is 11.2 Å². The van der Waals surface area contributed by atoms with Crippen LogP contribution in [0.5, 0.6) is 0 Å². The summed E-state index contributed by atoms with van der Waals surface area (Å²) in [6, 6.07) is 6.71. The molecule has 20 heavy (non-hydrogen) atoms. The number of hydrogen-bond acceptors (Lipinski definition) is 3. The lowest BCUT2D eigenvalue weighted by Gasteiger charge is -2.46. The molecule has 4 heteroatoms. The topological polar surface area (TPSA) is 38.5 Å². The van der Waals surface area contributed by atoms with E-state index in [4.69, 9.17) is 10.5 Å². The van der Waals surface area contributed by atoms with E-state index in [2.05, 4.69) is 18.7 Å². The molecule has 2 N–H and O–H groups in total. The van der Waals surface area contributed by atoms with E-state index in [0.29, 0.717) is 6.42 Å². The Hall–Kier alpha value is -0.970. The van der Waals surface area contributed by atoms with Crippen LogP contribution in [0.1, 0.15) is 25.8 Å². The molecule has 2 unspecified atom stereocenters. The minimum absolute atomic E-state index is 0.0209. The number of ether oxygens (including phenoxy) is 1. The second-order valence-electron chi connectivity index (χ2n) is 5.75. The fourth-order valence-corrected chi connectivity index (χ4v) is 2.93. The summed E-state index contributed by atoms with van der Waals surface area (Å²) < 4.78 is 18.7. The number of nitrogens with two attached hydrogens (primary N) is 1. The van der Waals surface area contributed by atoms with Crippen molar-refractivity contribution in [3.63, 3.8) is 0 Å². The Morgan fingerprint density at radius 1 is 1.40 bits per heavy atom. The largest absolute Gasteiger partial charge is 0.379 e. The van der Waals surface area contributed by atoms with Crippen LogP contribution < -0.4 is 5.73 Å². The van der Waals surface area contributed by atoms with Crippen molar-refractivity contribution in [2.45, 2.75) is 38.3 Å². The van der Waals surface area contributed by atoms with Gasteiger partial charge in [-0.1, -0.05) is 19.1 Å². The van der Waals surface area contributed by atoms with Gasteiger partial charge in [0, 0.05) is 24.7 Å². The molecule has 1 fully saturated rings.